The molecule has 8 nitrogen and oxygen atoms in total. The van der Waals surface area contributed by atoms with Gasteiger partial charge in [0.15, 0.2) is 11.0 Å². The van der Waals surface area contributed by atoms with Gasteiger partial charge in [0.1, 0.15) is 5.75 Å². The molecular formula is C25H28F3N5O3S2. The molecular weight excluding hydrogens is 539 g/mol. The van der Waals surface area contributed by atoms with E-state index in [1.807, 2.05) is 17.7 Å². The highest BCUT2D eigenvalue weighted by Gasteiger charge is 2.30. The van der Waals surface area contributed by atoms with Crippen LogP contribution in [-0.4, -0.2) is 51.5 Å². The predicted molar refractivity (Wildman–Crippen MR) is 143 cm³/mol. The number of anilines is 1. The van der Waals surface area contributed by atoms with Gasteiger partial charge >= 0.3 is 6.18 Å². The number of hydrogen-bond donors (Lipinski definition) is 2. The summed E-state index contributed by atoms with van der Waals surface area (Å²) in [6, 6.07) is 10.8. The van der Waals surface area contributed by atoms with Gasteiger partial charge in [-0.2, -0.15) is 24.9 Å². The zero-order chi connectivity index (χ0) is 27.7. The van der Waals surface area contributed by atoms with Gasteiger partial charge in [-0.1, -0.05) is 17.8 Å². The quantitative estimate of drug-likeness (QED) is 0.288. The standard InChI is InChI=1S/C25H28F3N5O3S2/c1-4-33-22(20(12-13-37-3)30-23(35)16-8-10-19(36-2)11-9-16)31-32-24(33)38-15-21(34)29-18-7-5-6-17(14-18)25(26,27)28/h5-11,14,20H,4,12-13,15H2,1-3H3,(H,29,34)(H,30,35)/t20-/m0/s1. The first-order valence-corrected chi connectivity index (χ1v) is 14.0. The zero-order valence-corrected chi connectivity index (χ0v) is 22.7. The predicted octanol–water partition coefficient (Wildman–Crippen LogP) is 5.28. The van der Waals surface area contributed by atoms with Crippen LogP contribution in [0.2, 0.25) is 0 Å². The molecule has 0 aliphatic heterocycles. The average molecular weight is 568 g/mol. The maximum absolute atomic E-state index is 12.9. The lowest BCUT2D eigenvalue weighted by atomic mass is 10.1. The summed E-state index contributed by atoms with van der Waals surface area (Å²) in [6.07, 6.45) is -1.92. The maximum atomic E-state index is 12.9. The first-order chi connectivity index (χ1) is 18.2. The number of thioether (sulfide) groups is 2. The number of aromatic nitrogens is 3. The Hall–Kier alpha value is -3.19. The fourth-order valence-electron chi connectivity index (χ4n) is 3.55. The van der Waals surface area contributed by atoms with E-state index in [2.05, 4.69) is 20.8 Å². The van der Waals surface area contributed by atoms with Gasteiger partial charge in [0, 0.05) is 17.8 Å². The Bertz CT molecular complexity index is 1240. The zero-order valence-electron chi connectivity index (χ0n) is 21.0. The minimum absolute atomic E-state index is 0.0569. The van der Waals surface area contributed by atoms with Gasteiger partial charge in [-0.05, 0) is 67.8 Å². The summed E-state index contributed by atoms with van der Waals surface area (Å²) in [5, 5.41) is 14.5. The molecule has 2 N–H and O–H groups in total. The van der Waals surface area contributed by atoms with Crippen molar-refractivity contribution in [1.29, 1.82) is 0 Å². The second-order valence-electron chi connectivity index (χ2n) is 8.04. The molecule has 0 radical (unpaired) electrons. The first-order valence-electron chi connectivity index (χ1n) is 11.6. The summed E-state index contributed by atoms with van der Waals surface area (Å²) in [5.41, 5.74) is -0.309. The summed E-state index contributed by atoms with van der Waals surface area (Å²) in [7, 11) is 1.55. The third-order valence-electron chi connectivity index (χ3n) is 5.45. The van der Waals surface area contributed by atoms with Crippen molar-refractivity contribution in [3.63, 3.8) is 0 Å². The lowest BCUT2D eigenvalue weighted by Gasteiger charge is -2.19. The Labute approximate surface area is 227 Å². The highest BCUT2D eigenvalue weighted by atomic mass is 32.2. The Kier molecular flexibility index (Phi) is 10.5. The lowest BCUT2D eigenvalue weighted by molar-refractivity contribution is -0.137. The van der Waals surface area contributed by atoms with E-state index >= 15 is 0 Å². The van der Waals surface area contributed by atoms with Crippen molar-refractivity contribution in [2.24, 2.45) is 0 Å². The van der Waals surface area contributed by atoms with Crippen LogP contribution in [0.3, 0.4) is 0 Å². The molecule has 2 aromatic carbocycles. The van der Waals surface area contributed by atoms with Crippen LogP contribution in [0, 0.1) is 0 Å². The molecule has 0 aliphatic carbocycles. The molecule has 38 heavy (non-hydrogen) atoms. The number of halogens is 3. The number of benzene rings is 2. The van der Waals surface area contributed by atoms with Gasteiger partial charge in [0.25, 0.3) is 5.91 Å². The summed E-state index contributed by atoms with van der Waals surface area (Å²) in [5.74, 6) is 1.15. The van der Waals surface area contributed by atoms with E-state index in [1.165, 1.54) is 12.1 Å². The fraction of sp³-hybridized carbons (Fsp3) is 0.360. The number of methoxy groups -OCH3 is 1. The number of rotatable bonds is 12. The fourth-order valence-corrected chi connectivity index (χ4v) is 4.83. The Morgan fingerprint density at radius 3 is 2.50 bits per heavy atom. The van der Waals surface area contributed by atoms with Gasteiger partial charge in [-0.25, -0.2) is 0 Å². The highest BCUT2D eigenvalue weighted by molar-refractivity contribution is 7.99. The molecule has 1 aromatic heterocycles. The van der Waals surface area contributed by atoms with E-state index in [1.54, 1.807) is 43.1 Å². The highest BCUT2D eigenvalue weighted by Crippen LogP contribution is 2.31. The van der Waals surface area contributed by atoms with Crippen molar-refractivity contribution in [2.45, 2.75) is 37.3 Å². The first kappa shape index (κ1) is 29.4. The minimum Gasteiger partial charge on any atom is -0.497 e. The molecule has 0 saturated heterocycles. The molecule has 0 saturated carbocycles. The summed E-state index contributed by atoms with van der Waals surface area (Å²) >= 11 is 2.75. The van der Waals surface area contributed by atoms with Crippen LogP contribution >= 0.6 is 23.5 Å². The largest absolute Gasteiger partial charge is 0.497 e. The Morgan fingerprint density at radius 1 is 1.13 bits per heavy atom. The third-order valence-corrected chi connectivity index (χ3v) is 7.06. The molecule has 13 heteroatoms. The van der Waals surface area contributed by atoms with Gasteiger partial charge < -0.3 is 19.9 Å². The molecule has 0 spiro atoms. The maximum Gasteiger partial charge on any atom is 0.416 e. The summed E-state index contributed by atoms with van der Waals surface area (Å²) in [4.78, 5) is 25.4. The van der Waals surface area contributed by atoms with Crippen molar-refractivity contribution in [3.05, 3.63) is 65.5 Å². The van der Waals surface area contributed by atoms with Crippen molar-refractivity contribution in [2.75, 3.05) is 30.2 Å². The van der Waals surface area contributed by atoms with Crippen molar-refractivity contribution in [3.8, 4) is 5.75 Å². The lowest BCUT2D eigenvalue weighted by Crippen LogP contribution is -2.31. The van der Waals surface area contributed by atoms with E-state index in [9.17, 15) is 22.8 Å². The number of hydrogen-bond acceptors (Lipinski definition) is 7. The SMILES string of the molecule is CCn1c(SCC(=O)Nc2cccc(C(F)(F)F)c2)nnc1[C@H](CCSC)NC(=O)c1ccc(OC)cc1. The van der Waals surface area contributed by atoms with E-state index in [-0.39, 0.29) is 17.3 Å². The second kappa shape index (κ2) is 13.6. The number of nitrogens with zero attached hydrogens (tertiary/aromatic N) is 3. The molecule has 204 valence electrons. The molecule has 1 atom stereocenters. The average Bonchev–Trinajstić information content (AvgIpc) is 3.32. The van der Waals surface area contributed by atoms with E-state index in [4.69, 9.17) is 4.74 Å². The molecule has 3 aromatic rings. The Morgan fingerprint density at radius 2 is 1.87 bits per heavy atom. The van der Waals surface area contributed by atoms with Crippen molar-refractivity contribution in [1.82, 2.24) is 20.1 Å². The number of ether oxygens (including phenoxy) is 1. The van der Waals surface area contributed by atoms with E-state index in [0.717, 1.165) is 29.6 Å². The molecule has 0 fully saturated rings. The van der Waals surface area contributed by atoms with Gasteiger partial charge in [0.2, 0.25) is 5.91 Å². The number of nitrogens with one attached hydrogen (secondary N) is 2. The Balaban J connectivity index is 1.70. The molecule has 0 aliphatic rings. The molecule has 0 unspecified atom stereocenters. The van der Waals surface area contributed by atoms with Gasteiger partial charge in [-0.3, -0.25) is 9.59 Å². The molecule has 1 heterocycles. The molecule has 0 bridgehead atoms. The van der Waals surface area contributed by atoms with Gasteiger partial charge in [0.05, 0.1) is 24.5 Å². The van der Waals surface area contributed by atoms with Crippen LogP contribution in [0.25, 0.3) is 0 Å². The number of alkyl halides is 3. The third kappa shape index (κ3) is 7.90. The second-order valence-corrected chi connectivity index (χ2v) is 9.96. The van der Waals surface area contributed by atoms with E-state index in [0.29, 0.717) is 35.3 Å². The number of carbonyl (C=O) groups is 2. The van der Waals surface area contributed by atoms with Crippen LogP contribution in [0.5, 0.6) is 5.75 Å². The summed E-state index contributed by atoms with van der Waals surface area (Å²) < 4.78 is 45.8. The number of carbonyl (C=O) groups excluding carboxylic acids is 2. The minimum atomic E-state index is -4.50. The molecule has 2 amide bonds. The van der Waals surface area contributed by atoms with Crippen LogP contribution in [-0.2, 0) is 17.5 Å². The molecule has 3 rings (SSSR count). The normalized spacial score (nSPS) is 12.2. The monoisotopic (exact) mass is 567 g/mol. The van der Waals surface area contributed by atoms with Crippen LogP contribution in [0.1, 0.15) is 41.1 Å². The van der Waals surface area contributed by atoms with Crippen molar-refractivity contribution >= 4 is 41.0 Å². The smallest absolute Gasteiger partial charge is 0.416 e. The topological polar surface area (TPSA) is 98.1 Å². The van der Waals surface area contributed by atoms with Crippen molar-refractivity contribution < 1.29 is 27.5 Å². The van der Waals surface area contributed by atoms with Crippen LogP contribution < -0.4 is 15.4 Å². The van der Waals surface area contributed by atoms with Crippen LogP contribution in [0.15, 0.2) is 53.7 Å². The number of amides is 2. The van der Waals surface area contributed by atoms with Crippen LogP contribution in [0.4, 0.5) is 18.9 Å². The van der Waals surface area contributed by atoms with E-state index < -0.39 is 23.7 Å². The van der Waals surface area contributed by atoms with Gasteiger partial charge in [-0.15, -0.1) is 10.2 Å². The summed E-state index contributed by atoms with van der Waals surface area (Å²) in [6.45, 7) is 2.39.